The van der Waals surface area contributed by atoms with E-state index >= 15 is 0 Å². The topological polar surface area (TPSA) is 110 Å². The lowest BCUT2D eigenvalue weighted by molar-refractivity contribution is 0.00440. The number of likely N-dealkylation sites (tertiary alicyclic amines) is 2. The summed E-state index contributed by atoms with van der Waals surface area (Å²) < 4.78 is 16.8. The summed E-state index contributed by atoms with van der Waals surface area (Å²) in [4.78, 5) is 32.5. The highest BCUT2D eigenvalue weighted by molar-refractivity contribution is 6.33. The third-order valence-corrected chi connectivity index (χ3v) is 8.53. The Labute approximate surface area is 254 Å². The molecule has 0 spiro atoms. The molecule has 11 heteroatoms. The molecule has 2 atom stereocenters. The second kappa shape index (κ2) is 15.0. The summed E-state index contributed by atoms with van der Waals surface area (Å²) in [6, 6.07) is 10.7. The largest absolute Gasteiger partial charge is 0.496 e. The number of methoxy groups -OCH3 is 2. The minimum atomic E-state index is -0.268. The Morgan fingerprint density at radius 3 is 2.48 bits per heavy atom. The predicted octanol–water partition coefficient (Wildman–Crippen LogP) is 3.13. The molecule has 0 unspecified atom stereocenters. The van der Waals surface area contributed by atoms with Gasteiger partial charge in [-0.2, -0.15) is 0 Å². The van der Waals surface area contributed by atoms with Crippen molar-refractivity contribution >= 4 is 29.2 Å². The molecule has 230 valence electrons. The fourth-order valence-corrected chi connectivity index (χ4v) is 5.68. The number of esters is 1. The fourth-order valence-electron chi connectivity index (χ4n) is 5.52. The minimum Gasteiger partial charge on any atom is -0.496 e. The van der Waals surface area contributed by atoms with Gasteiger partial charge < -0.3 is 35.1 Å². The molecule has 0 aromatic heterocycles. The zero-order chi connectivity index (χ0) is 30.2. The van der Waals surface area contributed by atoms with E-state index in [1.165, 1.54) is 13.2 Å². The summed E-state index contributed by atoms with van der Waals surface area (Å²) in [5, 5.41) is 3.41. The van der Waals surface area contributed by atoms with Crippen LogP contribution in [-0.2, 0) is 16.0 Å². The fraction of sp³-hybridized carbons (Fsp3) is 0.548. The smallest absolute Gasteiger partial charge is 0.338 e. The van der Waals surface area contributed by atoms with E-state index in [4.69, 9.17) is 31.5 Å². The molecule has 2 aliphatic rings. The van der Waals surface area contributed by atoms with Crippen LogP contribution in [0, 0.1) is 0 Å². The van der Waals surface area contributed by atoms with E-state index in [0.717, 1.165) is 64.1 Å². The Bertz CT molecular complexity index is 1200. The second-order valence-corrected chi connectivity index (χ2v) is 11.8. The number of nitrogens with one attached hydrogen (secondary N) is 1. The van der Waals surface area contributed by atoms with E-state index in [1.54, 1.807) is 13.2 Å². The first-order chi connectivity index (χ1) is 20.2. The summed E-state index contributed by atoms with van der Waals surface area (Å²) in [6.07, 6.45) is 2.39. The van der Waals surface area contributed by atoms with E-state index in [-0.39, 0.29) is 30.1 Å². The van der Waals surface area contributed by atoms with Gasteiger partial charge in [-0.05, 0) is 57.1 Å². The highest BCUT2D eigenvalue weighted by Gasteiger charge is 2.31. The predicted molar refractivity (Wildman–Crippen MR) is 164 cm³/mol. The molecule has 2 aliphatic heterocycles. The lowest BCUT2D eigenvalue weighted by Gasteiger charge is -2.38. The van der Waals surface area contributed by atoms with Crippen molar-refractivity contribution in [1.29, 1.82) is 0 Å². The Morgan fingerprint density at radius 2 is 1.81 bits per heavy atom. The number of piperidine rings is 2. The second-order valence-electron chi connectivity index (χ2n) is 11.4. The highest BCUT2D eigenvalue weighted by Crippen LogP contribution is 2.29. The van der Waals surface area contributed by atoms with Crippen LogP contribution < -0.4 is 15.8 Å². The maximum Gasteiger partial charge on any atom is 0.338 e. The number of nitrogens with two attached hydrogens (primary N) is 1. The molecule has 42 heavy (non-hydrogen) atoms. The molecule has 2 saturated heterocycles. The van der Waals surface area contributed by atoms with Crippen molar-refractivity contribution in [3.63, 3.8) is 0 Å². The van der Waals surface area contributed by atoms with Crippen LogP contribution in [0.15, 0.2) is 36.4 Å². The van der Waals surface area contributed by atoms with E-state index in [2.05, 4.69) is 34.1 Å². The summed E-state index contributed by atoms with van der Waals surface area (Å²) in [5.74, 6) is -0.130. The molecule has 2 aromatic carbocycles. The number of likely N-dealkylation sites (N-methyl/N-ethyl adjacent to an activating group) is 1. The lowest BCUT2D eigenvalue weighted by atomic mass is 10.0. The summed E-state index contributed by atoms with van der Waals surface area (Å²) >= 11 is 6.16. The number of amides is 1. The van der Waals surface area contributed by atoms with E-state index < -0.39 is 0 Å². The van der Waals surface area contributed by atoms with Crippen LogP contribution in [-0.4, -0.2) is 112 Å². The maximum atomic E-state index is 13.1. The molecule has 3 N–H and O–H groups in total. The van der Waals surface area contributed by atoms with Crippen LogP contribution >= 0.6 is 11.6 Å². The van der Waals surface area contributed by atoms with Gasteiger partial charge in [0.15, 0.2) is 0 Å². The van der Waals surface area contributed by atoms with Crippen molar-refractivity contribution in [2.24, 2.45) is 0 Å². The number of hydrogen-bond acceptors (Lipinski definition) is 9. The third-order valence-electron chi connectivity index (χ3n) is 8.21. The van der Waals surface area contributed by atoms with Gasteiger partial charge in [0, 0.05) is 59.0 Å². The average Bonchev–Trinajstić information content (AvgIpc) is 2.99. The molecule has 1 amide bonds. The number of carbonyl (C=O) groups is 2. The first-order valence-electron chi connectivity index (χ1n) is 14.5. The number of anilines is 1. The third kappa shape index (κ3) is 8.58. The van der Waals surface area contributed by atoms with Crippen molar-refractivity contribution in [2.75, 3.05) is 73.3 Å². The highest BCUT2D eigenvalue weighted by atomic mass is 35.5. The molecular formula is C31H44ClN5O5. The number of nitrogen functional groups attached to an aromatic ring is 1. The van der Waals surface area contributed by atoms with Crippen LogP contribution in [0.2, 0.25) is 5.02 Å². The number of nitrogens with zero attached hydrogens (tertiary/aromatic N) is 3. The zero-order valence-electron chi connectivity index (χ0n) is 25.1. The molecule has 0 radical (unpaired) electrons. The Hall–Kier alpha value is -2.89. The summed E-state index contributed by atoms with van der Waals surface area (Å²) in [7, 11) is 7.35. The minimum absolute atomic E-state index is 0.00453. The molecule has 0 aliphatic carbocycles. The summed E-state index contributed by atoms with van der Waals surface area (Å²) in [6.45, 7) is 5.99. The van der Waals surface area contributed by atoms with Gasteiger partial charge in [0.25, 0.3) is 5.91 Å². The van der Waals surface area contributed by atoms with E-state index in [1.807, 2.05) is 24.3 Å². The Balaban J connectivity index is 1.21. The Morgan fingerprint density at radius 1 is 1.10 bits per heavy atom. The van der Waals surface area contributed by atoms with Crippen molar-refractivity contribution in [3.05, 3.63) is 58.1 Å². The average molecular weight is 602 g/mol. The van der Waals surface area contributed by atoms with Crippen LogP contribution in [0.1, 0.15) is 45.5 Å². The first-order valence-corrected chi connectivity index (χ1v) is 14.9. The first kappa shape index (κ1) is 32.0. The lowest BCUT2D eigenvalue weighted by Crippen LogP contribution is -2.55. The SMILES string of the molecule is COc1cc(N)c(Cl)cc1C(=O)N[C@@H]1CCN(CCN(C)Cc2ccc(C(=O)OC3CCN(C)CC3)cc2)C[C@@H]1OC. The normalized spacial score (nSPS) is 20.4. The van der Waals surface area contributed by atoms with E-state index in [0.29, 0.717) is 34.1 Å². The van der Waals surface area contributed by atoms with Gasteiger partial charge in [-0.1, -0.05) is 23.7 Å². The number of carbonyl (C=O) groups excluding carboxylic acids is 2. The Kier molecular flexibility index (Phi) is 11.5. The van der Waals surface area contributed by atoms with E-state index in [9.17, 15) is 9.59 Å². The van der Waals surface area contributed by atoms with Crippen LogP contribution in [0.3, 0.4) is 0 Å². The van der Waals surface area contributed by atoms with Crippen LogP contribution in [0.5, 0.6) is 5.75 Å². The molecular weight excluding hydrogens is 558 g/mol. The van der Waals surface area contributed by atoms with Gasteiger partial charge in [-0.25, -0.2) is 4.79 Å². The molecule has 10 nitrogen and oxygen atoms in total. The number of benzene rings is 2. The van der Waals surface area contributed by atoms with Crippen LogP contribution in [0.25, 0.3) is 0 Å². The monoisotopic (exact) mass is 601 g/mol. The summed E-state index contributed by atoms with van der Waals surface area (Å²) in [5.41, 5.74) is 8.30. The molecule has 0 saturated carbocycles. The van der Waals surface area contributed by atoms with Crippen molar-refractivity contribution in [2.45, 2.75) is 44.1 Å². The van der Waals surface area contributed by atoms with Gasteiger partial charge in [0.05, 0.1) is 41.1 Å². The maximum absolute atomic E-state index is 13.1. The van der Waals surface area contributed by atoms with Crippen molar-refractivity contribution in [3.8, 4) is 5.75 Å². The van der Waals surface area contributed by atoms with Gasteiger partial charge in [0.1, 0.15) is 11.9 Å². The number of rotatable bonds is 11. The number of hydrogen-bond donors (Lipinski definition) is 2. The molecule has 4 rings (SSSR count). The number of ether oxygens (including phenoxy) is 3. The van der Waals surface area contributed by atoms with Gasteiger partial charge in [0.2, 0.25) is 0 Å². The molecule has 0 bridgehead atoms. The quantitative estimate of drug-likeness (QED) is 0.296. The number of halogens is 1. The standard InChI is InChI=1S/C31H44ClN5O5/c1-35-12-9-23(10-13-35)42-31(39)22-7-5-21(6-8-22)19-36(2)15-16-37-14-11-27(29(20-37)41-4)34-30(38)24-17-25(32)26(33)18-28(24)40-3/h5-8,17-18,23,27,29H,9-16,19-20,33H2,1-4H3,(H,34,38)/t27-,29+/m1/s1. The van der Waals surface area contributed by atoms with Gasteiger partial charge in [-0.15, -0.1) is 0 Å². The molecule has 2 aromatic rings. The molecule has 2 heterocycles. The van der Waals surface area contributed by atoms with Crippen molar-refractivity contribution < 1.29 is 23.8 Å². The van der Waals surface area contributed by atoms with Crippen LogP contribution in [0.4, 0.5) is 5.69 Å². The zero-order valence-corrected chi connectivity index (χ0v) is 25.9. The van der Waals surface area contributed by atoms with Crippen molar-refractivity contribution in [1.82, 2.24) is 20.0 Å². The van der Waals surface area contributed by atoms with Gasteiger partial charge >= 0.3 is 5.97 Å². The molecule has 2 fully saturated rings. The van der Waals surface area contributed by atoms with Gasteiger partial charge in [-0.3, -0.25) is 9.69 Å².